The van der Waals surface area contributed by atoms with E-state index in [1.54, 1.807) is 18.2 Å². The highest BCUT2D eigenvalue weighted by molar-refractivity contribution is 7.92. The summed E-state index contributed by atoms with van der Waals surface area (Å²) < 4.78 is 48.0. The first-order valence-electron chi connectivity index (χ1n) is 12.7. The van der Waals surface area contributed by atoms with Crippen molar-refractivity contribution >= 4 is 57.0 Å². The molecule has 208 valence electrons. The van der Waals surface area contributed by atoms with E-state index in [1.807, 2.05) is 6.07 Å². The van der Waals surface area contributed by atoms with Gasteiger partial charge in [0.2, 0.25) is 10.0 Å². The quantitative estimate of drug-likeness (QED) is 0.231. The lowest BCUT2D eigenvalue weighted by molar-refractivity contribution is 0.0964. The van der Waals surface area contributed by atoms with E-state index in [0.29, 0.717) is 27.8 Å². The molecule has 3 aromatic carbocycles. The zero-order valence-electron chi connectivity index (χ0n) is 21.8. The monoisotopic (exact) mass is 584 g/mol. The second-order valence-corrected chi connectivity index (χ2v) is 12.1. The number of hydrogen-bond donors (Lipinski definition) is 3. The summed E-state index contributed by atoms with van der Waals surface area (Å²) in [6.07, 6.45) is 3.14. The molecule has 1 aromatic heterocycles. The Balaban J connectivity index is 1.80. The third-order valence-corrected chi connectivity index (χ3v) is 8.32. The number of nitrogens with zero attached hydrogens (tertiary/aromatic N) is 1. The van der Waals surface area contributed by atoms with Crippen LogP contribution in [0.15, 0.2) is 59.0 Å². The van der Waals surface area contributed by atoms with Gasteiger partial charge in [0.1, 0.15) is 17.2 Å². The first-order valence-corrected chi connectivity index (χ1v) is 14.9. The first kappa shape index (κ1) is 28.2. The zero-order valence-corrected chi connectivity index (χ0v) is 23.4. The van der Waals surface area contributed by atoms with Crippen LogP contribution in [0.5, 0.6) is 0 Å². The van der Waals surface area contributed by atoms with Crippen LogP contribution >= 0.6 is 11.6 Å². The number of sulfonamides is 1. The van der Waals surface area contributed by atoms with Crippen LogP contribution in [0.2, 0.25) is 11.3 Å². The van der Waals surface area contributed by atoms with Crippen molar-refractivity contribution in [2.75, 3.05) is 17.6 Å². The second-order valence-electron chi connectivity index (χ2n) is 9.87. The van der Waals surface area contributed by atoms with Gasteiger partial charge in [-0.25, -0.2) is 17.1 Å². The second kappa shape index (κ2) is 10.9. The smallest absolute Gasteiger partial charge is 0.451 e. The normalized spacial score (nSPS) is 13.4. The van der Waals surface area contributed by atoms with Gasteiger partial charge in [0.15, 0.2) is 0 Å². The number of halogens is 2. The van der Waals surface area contributed by atoms with Crippen LogP contribution in [0.3, 0.4) is 0 Å². The van der Waals surface area contributed by atoms with Gasteiger partial charge in [0, 0.05) is 17.6 Å². The number of amides is 1. The molecule has 5 rings (SSSR count). The van der Waals surface area contributed by atoms with Gasteiger partial charge in [-0.2, -0.15) is 0 Å². The molecule has 0 bridgehead atoms. The van der Waals surface area contributed by atoms with Gasteiger partial charge in [-0.05, 0) is 85.1 Å². The van der Waals surface area contributed by atoms with Gasteiger partial charge in [0.25, 0.3) is 5.91 Å². The molecular weight excluding hydrogens is 558 g/mol. The number of hydrogen-bond acceptors (Lipinski definition) is 6. The number of furan rings is 1. The standard InChI is InChI=1S/C28H27BClFN2O6S/c1-32-28(34)25-24-23(39-27(25)18-5-8-19(31)9-6-18)12-11-21(16-3-4-16)26(24)33(40(2,37)38)20-10-7-17(22(30)15-20)13-14-29(35)36/h5-12,15-16,35-36H,3-4,13-14H2,1-2H3,(H,32,34). The SMILES string of the molecule is CNC(=O)c1c(-c2ccc(F)cc2)oc2ccc(C3CC3)c(N(c3ccc(CCB(O)O)c(Cl)c3)S(C)(=O)=O)c12. The van der Waals surface area contributed by atoms with Crippen molar-refractivity contribution in [3.05, 3.63) is 82.1 Å². The minimum atomic E-state index is -3.98. The Morgan fingerprint density at radius 2 is 1.85 bits per heavy atom. The predicted molar refractivity (Wildman–Crippen MR) is 154 cm³/mol. The van der Waals surface area contributed by atoms with Crippen molar-refractivity contribution in [2.24, 2.45) is 0 Å². The molecule has 12 heteroatoms. The fourth-order valence-corrected chi connectivity index (χ4v) is 6.21. The molecule has 1 amide bonds. The number of benzene rings is 3. The highest BCUT2D eigenvalue weighted by Gasteiger charge is 2.36. The molecule has 0 aliphatic heterocycles. The average Bonchev–Trinajstić information content (AvgIpc) is 3.67. The molecule has 4 aromatic rings. The lowest BCUT2D eigenvalue weighted by atomic mass is 9.83. The number of anilines is 2. The molecule has 0 saturated heterocycles. The van der Waals surface area contributed by atoms with Crippen molar-refractivity contribution in [3.8, 4) is 11.3 Å². The van der Waals surface area contributed by atoms with Crippen LogP contribution in [0.1, 0.15) is 40.2 Å². The molecule has 1 heterocycles. The molecule has 0 unspecified atom stereocenters. The van der Waals surface area contributed by atoms with E-state index in [-0.39, 0.29) is 40.7 Å². The van der Waals surface area contributed by atoms with Crippen molar-refractivity contribution in [1.82, 2.24) is 5.32 Å². The number of fused-ring (bicyclic) bond motifs is 1. The molecule has 1 aliphatic carbocycles. The maximum atomic E-state index is 13.7. The van der Waals surface area contributed by atoms with Crippen LogP contribution in [-0.4, -0.2) is 44.8 Å². The number of carbonyl (C=O) groups excluding carboxylic acids is 1. The van der Waals surface area contributed by atoms with Crippen molar-refractivity contribution in [2.45, 2.75) is 31.5 Å². The van der Waals surface area contributed by atoms with E-state index in [1.165, 1.54) is 41.7 Å². The van der Waals surface area contributed by atoms with Gasteiger partial charge < -0.3 is 19.8 Å². The Bertz CT molecular complexity index is 1700. The lowest BCUT2D eigenvalue weighted by Gasteiger charge is -2.27. The van der Waals surface area contributed by atoms with Gasteiger partial charge in [0.05, 0.1) is 28.6 Å². The first-order chi connectivity index (χ1) is 19.0. The summed E-state index contributed by atoms with van der Waals surface area (Å²) in [4.78, 5) is 13.4. The van der Waals surface area contributed by atoms with Crippen LogP contribution in [0.4, 0.5) is 15.8 Å². The largest absolute Gasteiger partial charge is 0.455 e. The summed E-state index contributed by atoms with van der Waals surface area (Å²) >= 11 is 6.53. The fraction of sp³-hybridized carbons (Fsp3) is 0.250. The van der Waals surface area contributed by atoms with Crippen molar-refractivity contribution in [1.29, 1.82) is 0 Å². The van der Waals surface area contributed by atoms with E-state index >= 15 is 0 Å². The number of carbonyl (C=O) groups is 1. The fourth-order valence-electron chi connectivity index (χ4n) is 4.91. The van der Waals surface area contributed by atoms with Crippen LogP contribution in [0, 0.1) is 5.82 Å². The maximum absolute atomic E-state index is 13.7. The van der Waals surface area contributed by atoms with Gasteiger partial charge >= 0.3 is 7.12 Å². The highest BCUT2D eigenvalue weighted by Crippen LogP contribution is 2.51. The Labute approximate surface area is 236 Å². The van der Waals surface area contributed by atoms with Crippen molar-refractivity contribution < 1.29 is 32.1 Å². The van der Waals surface area contributed by atoms with E-state index in [0.717, 1.165) is 24.7 Å². The third kappa shape index (κ3) is 5.47. The summed E-state index contributed by atoms with van der Waals surface area (Å²) in [7, 11) is -4.01. The number of nitrogens with one attached hydrogen (secondary N) is 1. The molecule has 1 fully saturated rings. The number of rotatable bonds is 9. The predicted octanol–water partition coefficient (Wildman–Crippen LogP) is 5.24. The third-order valence-electron chi connectivity index (χ3n) is 6.92. The lowest BCUT2D eigenvalue weighted by Crippen LogP contribution is -2.27. The molecule has 0 radical (unpaired) electrons. The maximum Gasteiger partial charge on any atom is 0.451 e. The summed E-state index contributed by atoms with van der Waals surface area (Å²) in [5.74, 6) is -0.661. The molecule has 3 N–H and O–H groups in total. The minimum absolute atomic E-state index is 0.0661. The zero-order chi connectivity index (χ0) is 28.8. The minimum Gasteiger partial charge on any atom is -0.455 e. The molecule has 1 saturated carbocycles. The van der Waals surface area contributed by atoms with E-state index < -0.39 is 28.9 Å². The molecule has 0 spiro atoms. The molecular formula is C28H27BClFN2O6S. The van der Waals surface area contributed by atoms with Crippen LogP contribution in [0.25, 0.3) is 22.3 Å². The van der Waals surface area contributed by atoms with Crippen LogP contribution in [-0.2, 0) is 16.4 Å². The Morgan fingerprint density at radius 1 is 1.15 bits per heavy atom. The molecule has 1 aliphatic rings. The molecule has 0 atom stereocenters. The summed E-state index contributed by atoms with van der Waals surface area (Å²) in [5.41, 5.74) is 2.81. The Hall–Kier alpha value is -3.38. The summed E-state index contributed by atoms with van der Waals surface area (Å²) in [6, 6.07) is 13.8. The van der Waals surface area contributed by atoms with E-state index in [9.17, 15) is 27.7 Å². The van der Waals surface area contributed by atoms with Gasteiger partial charge in [-0.1, -0.05) is 23.7 Å². The van der Waals surface area contributed by atoms with Crippen LogP contribution < -0.4 is 9.62 Å². The number of aryl methyl sites for hydroxylation is 1. The Kier molecular flexibility index (Phi) is 7.67. The Morgan fingerprint density at radius 3 is 2.42 bits per heavy atom. The summed E-state index contributed by atoms with van der Waals surface area (Å²) in [5, 5.41) is 21.7. The van der Waals surface area contributed by atoms with Gasteiger partial charge in [-0.3, -0.25) is 4.79 Å². The molecule has 40 heavy (non-hydrogen) atoms. The van der Waals surface area contributed by atoms with E-state index in [4.69, 9.17) is 16.0 Å². The van der Waals surface area contributed by atoms with E-state index in [2.05, 4.69) is 5.32 Å². The topological polar surface area (TPSA) is 120 Å². The average molecular weight is 585 g/mol. The van der Waals surface area contributed by atoms with Crippen molar-refractivity contribution in [3.63, 3.8) is 0 Å². The van der Waals surface area contributed by atoms with Gasteiger partial charge in [-0.15, -0.1) is 0 Å². The summed E-state index contributed by atoms with van der Waals surface area (Å²) in [6.45, 7) is 0. The highest BCUT2D eigenvalue weighted by atomic mass is 35.5. The molecule has 8 nitrogen and oxygen atoms in total.